The van der Waals surface area contributed by atoms with Crippen molar-refractivity contribution in [3.8, 4) is 5.75 Å². The highest BCUT2D eigenvalue weighted by atomic mass is 19.1. The second kappa shape index (κ2) is 15.9. The van der Waals surface area contributed by atoms with Crippen molar-refractivity contribution in [1.29, 1.82) is 0 Å². The number of aromatic nitrogens is 1. The molecule has 40 heavy (non-hydrogen) atoms. The van der Waals surface area contributed by atoms with E-state index in [0.29, 0.717) is 37.5 Å². The van der Waals surface area contributed by atoms with Crippen LogP contribution in [-0.4, -0.2) is 43.7 Å². The second-order valence-electron chi connectivity index (χ2n) is 10.1. The van der Waals surface area contributed by atoms with Gasteiger partial charge in [0.25, 0.3) is 0 Å². The van der Waals surface area contributed by atoms with Crippen LogP contribution in [0, 0.1) is 11.7 Å². The number of hydrogen-bond acceptors (Lipinski definition) is 5. The third-order valence-electron chi connectivity index (χ3n) is 7.05. The van der Waals surface area contributed by atoms with Crippen molar-refractivity contribution in [1.82, 2.24) is 10.3 Å². The molecule has 216 valence electrons. The number of fused-ring (bicyclic) bond motifs is 1. The smallest absolute Gasteiger partial charge is 0.313 e. The predicted molar refractivity (Wildman–Crippen MR) is 157 cm³/mol. The molecule has 7 nitrogen and oxygen atoms in total. The molecule has 3 rings (SSSR count). The van der Waals surface area contributed by atoms with Gasteiger partial charge in [0.1, 0.15) is 11.6 Å². The molecule has 1 atom stereocenters. The van der Waals surface area contributed by atoms with E-state index in [1.807, 2.05) is 12.1 Å². The van der Waals surface area contributed by atoms with Gasteiger partial charge in [-0.3, -0.25) is 14.6 Å². The molecule has 2 amide bonds. The lowest BCUT2D eigenvalue weighted by molar-refractivity contribution is -0.136. The maximum absolute atomic E-state index is 14.9. The van der Waals surface area contributed by atoms with Gasteiger partial charge < -0.3 is 20.1 Å². The summed E-state index contributed by atoms with van der Waals surface area (Å²) < 4.78 is 26.1. The summed E-state index contributed by atoms with van der Waals surface area (Å²) in [5.41, 5.74) is 3.90. The Hall–Kier alpha value is -3.52. The second-order valence-corrected chi connectivity index (χ2v) is 10.1. The number of amides is 2. The zero-order valence-electron chi connectivity index (χ0n) is 24.1. The van der Waals surface area contributed by atoms with Crippen LogP contribution < -0.4 is 15.4 Å². The van der Waals surface area contributed by atoms with E-state index in [0.717, 1.165) is 54.3 Å². The number of nitrogens with zero attached hydrogens (tertiary/aromatic N) is 1. The van der Waals surface area contributed by atoms with Crippen molar-refractivity contribution in [3.63, 3.8) is 0 Å². The topological polar surface area (TPSA) is 89.6 Å². The number of nitrogens with one attached hydrogen (secondary N) is 2. The molecule has 0 spiro atoms. The van der Waals surface area contributed by atoms with Crippen LogP contribution >= 0.6 is 0 Å². The highest BCUT2D eigenvalue weighted by Crippen LogP contribution is 2.30. The first-order chi connectivity index (χ1) is 19.4. The summed E-state index contributed by atoms with van der Waals surface area (Å²) in [4.78, 5) is 28.5. The number of anilines is 1. The quantitative estimate of drug-likeness (QED) is 0.178. The van der Waals surface area contributed by atoms with Crippen LogP contribution in [0.5, 0.6) is 5.75 Å². The number of rotatable bonds is 15. The third kappa shape index (κ3) is 8.74. The van der Waals surface area contributed by atoms with Gasteiger partial charge >= 0.3 is 11.8 Å². The number of halogens is 1. The van der Waals surface area contributed by atoms with Crippen LogP contribution in [0.3, 0.4) is 0 Å². The molecule has 0 bridgehead atoms. The highest BCUT2D eigenvalue weighted by Gasteiger charge is 2.15. The van der Waals surface area contributed by atoms with E-state index in [1.165, 1.54) is 18.7 Å². The summed E-state index contributed by atoms with van der Waals surface area (Å²) in [7, 11) is 1.50. The lowest BCUT2D eigenvalue weighted by Gasteiger charge is -2.18. The van der Waals surface area contributed by atoms with Gasteiger partial charge in [-0.25, -0.2) is 4.39 Å². The number of methoxy groups -OCH3 is 1. The number of hydrogen-bond donors (Lipinski definition) is 2. The fraction of sp³-hybridized carbons (Fsp3) is 0.469. The van der Waals surface area contributed by atoms with E-state index >= 15 is 0 Å². The molecule has 0 aliphatic heterocycles. The van der Waals surface area contributed by atoms with E-state index < -0.39 is 17.6 Å². The molecule has 0 fully saturated rings. The first kappa shape index (κ1) is 31.0. The Balaban J connectivity index is 1.72. The Morgan fingerprint density at radius 2 is 1.75 bits per heavy atom. The first-order valence-corrected chi connectivity index (χ1v) is 14.3. The Morgan fingerprint density at radius 1 is 0.950 bits per heavy atom. The van der Waals surface area contributed by atoms with E-state index in [2.05, 4.69) is 42.5 Å². The molecular formula is C32H42FN3O4. The van der Waals surface area contributed by atoms with E-state index in [9.17, 15) is 14.0 Å². The normalized spacial score (nSPS) is 11.8. The van der Waals surface area contributed by atoms with Crippen molar-refractivity contribution >= 4 is 28.4 Å². The number of pyridine rings is 1. The van der Waals surface area contributed by atoms with Gasteiger partial charge in [-0.1, -0.05) is 46.1 Å². The SMILES string of the molecule is CCCc1cc2c(CCc3ccc(NC(=O)C(=O)NCCOC)cc3F)ccnc2cc1OCC(CC)CCC. The number of carbonyl (C=O) groups is 2. The van der Waals surface area contributed by atoms with Crippen LogP contribution in [0.4, 0.5) is 10.1 Å². The number of ether oxygens (including phenoxy) is 2. The van der Waals surface area contributed by atoms with Crippen molar-refractivity contribution in [2.24, 2.45) is 5.92 Å². The highest BCUT2D eigenvalue weighted by molar-refractivity contribution is 6.39. The van der Waals surface area contributed by atoms with Crippen LogP contribution in [0.1, 0.15) is 63.1 Å². The van der Waals surface area contributed by atoms with Gasteiger partial charge in [0, 0.05) is 37.0 Å². The molecule has 0 aliphatic carbocycles. The molecule has 0 radical (unpaired) electrons. The molecule has 2 N–H and O–H groups in total. The summed E-state index contributed by atoms with van der Waals surface area (Å²) in [5, 5.41) is 5.93. The van der Waals surface area contributed by atoms with Gasteiger partial charge in [-0.2, -0.15) is 0 Å². The maximum atomic E-state index is 14.9. The Bertz CT molecular complexity index is 1280. The molecule has 1 aromatic heterocycles. The van der Waals surface area contributed by atoms with Crippen LogP contribution in [-0.2, 0) is 33.6 Å². The lowest BCUT2D eigenvalue weighted by Crippen LogP contribution is -2.37. The van der Waals surface area contributed by atoms with Crippen molar-refractivity contribution in [2.75, 3.05) is 32.2 Å². The van der Waals surface area contributed by atoms with Crippen LogP contribution in [0.25, 0.3) is 10.9 Å². The molecule has 8 heteroatoms. The number of aryl methyl sites for hydroxylation is 3. The van der Waals surface area contributed by atoms with Gasteiger partial charge in [0.2, 0.25) is 0 Å². The fourth-order valence-corrected chi connectivity index (χ4v) is 4.75. The van der Waals surface area contributed by atoms with E-state index in [1.54, 1.807) is 18.3 Å². The Labute approximate surface area is 236 Å². The predicted octanol–water partition coefficient (Wildman–Crippen LogP) is 6.02. The standard InChI is InChI=1S/C32H42FN3O4/c1-5-8-22(7-3)21-40-30-20-29-27(18-25(30)9-6-2)23(14-15-34-29)10-11-24-12-13-26(19-28(24)33)36-32(38)31(37)35-16-17-39-4/h12-15,18-20,22H,5-11,16-17,21H2,1-4H3,(H,35,37)(H,36,38). The molecule has 1 heterocycles. The zero-order valence-corrected chi connectivity index (χ0v) is 24.1. The Kier molecular flexibility index (Phi) is 12.3. The average molecular weight is 552 g/mol. The molecule has 2 aromatic carbocycles. The third-order valence-corrected chi connectivity index (χ3v) is 7.05. The molecule has 1 unspecified atom stereocenters. The molecule has 0 aliphatic rings. The first-order valence-electron chi connectivity index (χ1n) is 14.3. The van der Waals surface area contributed by atoms with Crippen molar-refractivity contribution < 1.29 is 23.5 Å². The van der Waals surface area contributed by atoms with Crippen molar-refractivity contribution in [3.05, 3.63) is 65.1 Å². The summed E-state index contributed by atoms with van der Waals surface area (Å²) in [6, 6.07) is 10.7. The number of carbonyl (C=O) groups excluding carboxylic acids is 2. The monoisotopic (exact) mass is 551 g/mol. The summed E-state index contributed by atoms with van der Waals surface area (Å²) in [6.45, 7) is 7.79. The molecule has 0 saturated carbocycles. The minimum atomic E-state index is -0.853. The minimum absolute atomic E-state index is 0.215. The van der Waals surface area contributed by atoms with Crippen LogP contribution in [0.15, 0.2) is 42.6 Å². The zero-order chi connectivity index (χ0) is 28.9. The van der Waals surface area contributed by atoms with Gasteiger partial charge in [0.15, 0.2) is 0 Å². The largest absolute Gasteiger partial charge is 0.493 e. The molecular weight excluding hydrogens is 509 g/mol. The lowest BCUT2D eigenvalue weighted by atomic mass is 9.97. The summed E-state index contributed by atoms with van der Waals surface area (Å²) in [6.07, 6.45) is 8.22. The average Bonchev–Trinajstić information content (AvgIpc) is 2.95. The van der Waals surface area contributed by atoms with Gasteiger partial charge in [-0.05, 0) is 72.6 Å². The number of benzene rings is 2. The van der Waals surface area contributed by atoms with Crippen LogP contribution in [0.2, 0.25) is 0 Å². The van der Waals surface area contributed by atoms with Gasteiger partial charge in [0.05, 0.1) is 18.7 Å². The van der Waals surface area contributed by atoms with E-state index in [-0.39, 0.29) is 12.2 Å². The minimum Gasteiger partial charge on any atom is -0.493 e. The molecule has 0 saturated heterocycles. The van der Waals surface area contributed by atoms with Gasteiger partial charge in [-0.15, -0.1) is 0 Å². The maximum Gasteiger partial charge on any atom is 0.313 e. The Morgan fingerprint density at radius 3 is 2.45 bits per heavy atom. The fourth-order valence-electron chi connectivity index (χ4n) is 4.75. The summed E-state index contributed by atoms with van der Waals surface area (Å²) >= 11 is 0. The van der Waals surface area contributed by atoms with E-state index in [4.69, 9.17) is 9.47 Å². The van der Waals surface area contributed by atoms with Crippen molar-refractivity contribution in [2.45, 2.75) is 65.7 Å². The summed E-state index contributed by atoms with van der Waals surface area (Å²) in [5.74, 6) is -0.635. The molecule has 3 aromatic rings.